The highest BCUT2D eigenvalue weighted by atomic mass is 16.2. The van der Waals surface area contributed by atoms with Gasteiger partial charge in [-0.15, -0.1) is 0 Å². The van der Waals surface area contributed by atoms with Crippen molar-refractivity contribution in [1.29, 1.82) is 0 Å². The molecule has 1 amide bonds. The molecule has 4 nitrogen and oxygen atoms in total. The van der Waals surface area contributed by atoms with Gasteiger partial charge in [-0.1, -0.05) is 60.8 Å². The maximum Gasteiger partial charge on any atom is 0.238 e. The van der Waals surface area contributed by atoms with E-state index in [-0.39, 0.29) is 17.6 Å². The molecule has 1 fully saturated rings. The Morgan fingerprint density at radius 3 is 1.59 bits per heavy atom. The Labute approximate surface area is 134 Å². The number of amides is 1. The van der Waals surface area contributed by atoms with Crippen LogP contribution in [-0.2, 0) is 14.4 Å². The molecule has 22 heavy (non-hydrogen) atoms. The Morgan fingerprint density at radius 1 is 0.818 bits per heavy atom. The molecule has 0 unspecified atom stereocenters. The lowest BCUT2D eigenvalue weighted by Gasteiger charge is -2.30. The molecule has 0 aromatic rings. The molecule has 1 saturated carbocycles. The highest BCUT2D eigenvalue weighted by molar-refractivity contribution is 6.21. The van der Waals surface area contributed by atoms with E-state index in [1.54, 1.807) is 41.5 Å². The number of ketones is 2. The summed E-state index contributed by atoms with van der Waals surface area (Å²) in [7, 11) is 0. The summed E-state index contributed by atoms with van der Waals surface area (Å²) >= 11 is 0. The van der Waals surface area contributed by atoms with E-state index < -0.39 is 22.7 Å². The van der Waals surface area contributed by atoms with Crippen LogP contribution in [0, 0.1) is 16.7 Å². The second kappa shape index (κ2) is 6.93. The summed E-state index contributed by atoms with van der Waals surface area (Å²) in [6.07, 6.45) is 5.25. The molecular weight excluding hydrogens is 278 g/mol. The van der Waals surface area contributed by atoms with Crippen molar-refractivity contribution in [2.24, 2.45) is 16.7 Å². The van der Waals surface area contributed by atoms with Gasteiger partial charge in [-0.25, -0.2) is 0 Å². The second-order valence-corrected chi connectivity index (χ2v) is 8.51. The largest absolute Gasteiger partial charge is 0.352 e. The molecule has 1 aliphatic rings. The first-order chi connectivity index (χ1) is 9.94. The molecule has 1 aliphatic carbocycles. The number of rotatable bonds is 4. The van der Waals surface area contributed by atoms with Gasteiger partial charge in [0.2, 0.25) is 5.91 Å². The zero-order valence-electron chi connectivity index (χ0n) is 14.9. The summed E-state index contributed by atoms with van der Waals surface area (Å²) in [6.45, 7) is 10.5. The Hall–Kier alpha value is -1.19. The zero-order valence-corrected chi connectivity index (χ0v) is 14.9. The molecule has 0 aliphatic heterocycles. The lowest BCUT2D eigenvalue weighted by atomic mass is 9.74. The molecule has 1 N–H and O–H groups in total. The summed E-state index contributed by atoms with van der Waals surface area (Å²) in [5.41, 5.74) is -1.43. The van der Waals surface area contributed by atoms with Crippen molar-refractivity contribution in [2.45, 2.75) is 79.7 Å². The number of hydrogen-bond donors (Lipinski definition) is 1. The van der Waals surface area contributed by atoms with E-state index in [4.69, 9.17) is 0 Å². The van der Waals surface area contributed by atoms with Crippen LogP contribution >= 0.6 is 0 Å². The smallest absolute Gasteiger partial charge is 0.238 e. The van der Waals surface area contributed by atoms with Crippen LogP contribution in [0.15, 0.2) is 0 Å². The highest BCUT2D eigenvalue weighted by Crippen LogP contribution is 2.28. The van der Waals surface area contributed by atoms with Crippen LogP contribution < -0.4 is 5.32 Å². The average Bonchev–Trinajstić information content (AvgIpc) is 2.37. The van der Waals surface area contributed by atoms with Crippen molar-refractivity contribution >= 4 is 17.5 Å². The van der Waals surface area contributed by atoms with E-state index in [2.05, 4.69) is 5.32 Å². The van der Waals surface area contributed by atoms with Crippen LogP contribution in [0.2, 0.25) is 0 Å². The van der Waals surface area contributed by atoms with Crippen LogP contribution in [-0.4, -0.2) is 23.5 Å². The van der Waals surface area contributed by atoms with Crippen molar-refractivity contribution in [3.8, 4) is 0 Å². The summed E-state index contributed by atoms with van der Waals surface area (Å²) in [5.74, 6) is -2.19. The Balaban J connectivity index is 2.96. The fourth-order valence-electron chi connectivity index (χ4n) is 2.75. The normalized spacial score (nSPS) is 17.4. The fraction of sp³-hybridized carbons (Fsp3) is 0.833. The molecular formula is C18H31NO3. The van der Waals surface area contributed by atoms with Gasteiger partial charge in [0.05, 0.1) is 0 Å². The number of hydrogen-bond acceptors (Lipinski definition) is 3. The molecule has 126 valence electrons. The van der Waals surface area contributed by atoms with Crippen LogP contribution in [0.1, 0.15) is 73.6 Å². The summed E-state index contributed by atoms with van der Waals surface area (Å²) in [4.78, 5) is 37.9. The summed E-state index contributed by atoms with van der Waals surface area (Å²) in [5, 5.41) is 2.94. The fourth-order valence-corrected chi connectivity index (χ4v) is 2.75. The van der Waals surface area contributed by atoms with Crippen molar-refractivity contribution in [2.75, 3.05) is 0 Å². The van der Waals surface area contributed by atoms with Gasteiger partial charge in [-0.05, 0) is 12.8 Å². The van der Waals surface area contributed by atoms with Crippen molar-refractivity contribution < 1.29 is 14.4 Å². The van der Waals surface area contributed by atoms with Gasteiger partial charge in [0, 0.05) is 16.9 Å². The van der Waals surface area contributed by atoms with E-state index >= 15 is 0 Å². The van der Waals surface area contributed by atoms with Gasteiger partial charge in [0.1, 0.15) is 0 Å². The van der Waals surface area contributed by atoms with Gasteiger partial charge >= 0.3 is 0 Å². The monoisotopic (exact) mass is 309 g/mol. The third kappa shape index (κ3) is 4.92. The third-order valence-corrected chi connectivity index (χ3v) is 4.22. The number of carbonyl (C=O) groups excluding carboxylic acids is 3. The van der Waals surface area contributed by atoms with Crippen molar-refractivity contribution in [1.82, 2.24) is 5.32 Å². The highest BCUT2D eigenvalue weighted by Gasteiger charge is 2.44. The summed E-state index contributed by atoms with van der Waals surface area (Å²) in [6, 6.07) is 0.101. The molecule has 0 spiro atoms. The molecule has 0 bridgehead atoms. The zero-order chi connectivity index (χ0) is 17.1. The second-order valence-electron chi connectivity index (χ2n) is 8.51. The molecule has 0 radical (unpaired) electrons. The minimum atomic E-state index is -1.19. The lowest BCUT2D eigenvalue weighted by Crippen LogP contribution is -2.50. The van der Waals surface area contributed by atoms with E-state index in [1.165, 1.54) is 6.42 Å². The molecule has 0 atom stereocenters. The minimum absolute atomic E-state index is 0.101. The number of Topliss-reactive ketones (excluding diaryl/α,β-unsaturated/α-hetero) is 2. The first-order valence-corrected chi connectivity index (χ1v) is 8.33. The van der Waals surface area contributed by atoms with Gasteiger partial charge in [0.25, 0.3) is 0 Å². The van der Waals surface area contributed by atoms with Gasteiger partial charge in [-0.3, -0.25) is 14.4 Å². The van der Waals surface area contributed by atoms with E-state index in [1.807, 2.05) is 0 Å². The SMILES string of the molecule is CC(C)(C)C(=O)C(C(=O)NC1CCCCC1)C(=O)C(C)(C)C. The predicted octanol–water partition coefficient (Wildman–Crippen LogP) is 3.28. The van der Waals surface area contributed by atoms with Crippen molar-refractivity contribution in [3.05, 3.63) is 0 Å². The minimum Gasteiger partial charge on any atom is -0.352 e. The molecule has 4 heteroatoms. The van der Waals surface area contributed by atoms with Crippen LogP contribution in [0.3, 0.4) is 0 Å². The topological polar surface area (TPSA) is 63.2 Å². The standard InChI is InChI=1S/C18H31NO3/c1-17(2,3)14(20)13(15(21)18(4,5)6)16(22)19-12-10-8-7-9-11-12/h12-13H,7-11H2,1-6H3,(H,19,22). The Bertz CT molecular complexity index is 408. The molecule has 0 aromatic carbocycles. The number of nitrogens with one attached hydrogen (secondary N) is 1. The maximum absolute atomic E-state index is 12.7. The first kappa shape index (κ1) is 18.9. The Morgan fingerprint density at radius 2 is 1.23 bits per heavy atom. The van der Waals surface area contributed by atoms with E-state index in [0.29, 0.717) is 0 Å². The molecule has 1 rings (SSSR count). The van der Waals surface area contributed by atoms with E-state index in [9.17, 15) is 14.4 Å². The predicted molar refractivity (Wildman–Crippen MR) is 87.4 cm³/mol. The average molecular weight is 309 g/mol. The summed E-state index contributed by atoms with van der Waals surface area (Å²) < 4.78 is 0. The van der Waals surface area contributed by atoms with E-state index in [0.717, 1.165) is 25.7 Å². The van der Waals surface area contributed by atoms with Gasteiger partial charge in [0.15, 0.2) is 17.5 Å². The molecule has 0 heterocycles. The molecule has 0 saturated heterocycles. The number of carbonyl (C=O) groups is 3. The van der Waals surface area contributed by atoms with Crippen LogP contribution in [0.4, 0.5) is 0 Å². The maximum atomic E-state index is 12.7. The molecule has 0 aromatic heterocycles. The third-order valence-electron chi connectivity index (χ3n) is 4.22. The van der Waals surface area contributed by atoms with Crippen molar-refractivity contribution in [3.63, 3.8) is 0 Å². The quantitative estimate of drug-likeness (QED) is 0.811. The van der Waals surface area contributed by atoms with Crippen LogP contribution in [0.5, 0.6) is 0 Å². The Kier molecular flexibility index (Phi) is 5.94. The first-order valence-electron chi connectivity index (χ1n) is 8.33. The van der Waals surface area contributed by atoms with Crippen LogP contribution in [0.25, 0.3) is 0 Å². The van der Waals surface area contributed by atoms with Gasteiger partial charge in [-0.2, -0.15) is 0 Å². The lowest BCUT2D eigenvalue weighted by molar-refractivity contribution is -0.148. The van der Waals surface area contributed by atoms with Gasteiger partial charge < -0.3 is 5.32 Å².